The molecule has 0 amide bonds. The van der Waals surface area contributed by atoms with Crippen LogP contribution in [0, 0.1) is 0 Å². The number of ether oxygens (including phenoxy) is 1. The fourth-order valence-electron chi connectivity index (χ4n) is 1.74. The summed E-state index contributed by atoms with van der Waals surface area (Å²) < 4.78 is 5.26. The van der Waals surface area contributed by atoms with E-state index in [0.29, 0.717) is 11.4 Å². The first-order valence-electron chi connectivity index (χ1n) is 5.39. The Labute approximate surface area is 105 Å². The van der Waals surface area contributed by atoms with Crippen LogP contribution in [-0.2, 0) is 0 Å². The molecule has 0 heterocycles. The molecule has 0 aromatic heterocycles. The van der Waals surface area contributed by atoms with Crippen molar-refractivity contribution < 1.29 is 14.6 Å². The predicted molar refractivity (Wildman–Crippen MR) is 69.8 cm³/mol. The van der Waals surface area contributed by atoms with E-state index in [9.17, 15) is 4.79 Å². The zero-order chi connectivity index (χ0) is 13.1. The van der Waals surface area contributed by atoms with E-state index in [-0.39, 0.29) is 5.56 Å². The standard InChI is InChI=1S/C14H13NO3/c1-18-13-7-6-11(15)8-12(13)9-2-4-10(5-3-9)14(16)17/h2-8H,15H2,1H3,(H,16,17). The minimum atomic E-state index is -0.943. The Morgan fingerprint density at radius 2 is 1.83 bits per heavy atom. The van der Waals surface area contributed by atoms with Crippen molar-refractivity contribution in [2.24, 2.45) is 0 Å². The lowest BCUT2D eigenvalue weighted by molar-refractivity contribution is 0.0697. The summed E-state index contributed by atoms with van der Waals surface area (Å²) in [6.45, 7) is 0. The van der Waals surface area contributed by atoms with Crippen molar-refractivity contribution in [1.82, 2.24) is 0 Å². The summed E-state index contributed by atoms with van der Waals surface area (Å²) in [6.07, 6.45) is 0. The van der Waals surface area contributed by atoms with Gasteiger partial charge < -0.3 is 15.6 Å². The van der Waals surface area contributed by atoms with Crippen molar-refractivity contribution in [3.8, 4) is 16.9 Å². The van der Waals surface area contributed by atoms with E-state index in [1.807, 2.05) is 0 Å². The van der Waals surface area contributed by atoms with E-state index in [4.69, 9.17) is 15.6 Å². The third-order valence-corrected chi connectivity index (χ3v) is 2.67. The molecule has 2 aromatic carbocycles. The largest absolute Gasteiger partial charge is 0.496 e. The van der Waals surface area contributed by atoms with E-state index in [0.717, 1.165) is 11.1 Å². The fourth-order valence-corrected chi connectivity index (χ4v) is 1.74. The number of nitrogens with two attached hydrogens (primary N) is 1. The van der Waals surface area contributed by atoms with Gasteiger partial charge in [-0.3, -0.25) is 0 Å². The molecule has 0 spiro atoms. The number of carboxylic acid groups (broad SMARTS) is 1. The third kappa shape index (κ3) is 2.27. The molecule has 0 bridgehead atoms. The quantitative estimate of drug-likeness (QED) is 0.813. The molecule has 0 aliphatic rings. The zero-order valence-corrected chi connectivity index (χ0v) is 9.88. The highest BCUT2D eigenvalue weighted by Gasteiger charge is 2.08. The molecule has 0 aliphatic heterocycles. The molecule has 0 saturated carbocycles. The number of anilines is 1. The summed E-state index contributed by atoms with van der Waals surface area (Å²) in [4.78, 5) is 10.8. The Morgan fingerprint density at radius 1 is 1.17 bits per heavy atom. The fraction of sp³-hybridized carbons (Fsp3) is 0.0714. The number of hydrogen-bond acceptors (Lipinski definition) is 3. The maximum Gasteiger partial charge on any atom is 0.335 e. The van der Waals surface area contributed by atoms with E-state index >= 15 is 0 Å². The van der Waals surface area contributed by atoms with Gasteiger partial charge in [0.2, 0.25) is 0 Å². The van der Waals surface area contributed by atoms with Crippen LogP contribution in [0.3, 0.4) is 0 Å². The number of nitrogen functional groups attached to an aromatic ring is 1. The van der Waals surface area contributed by atoms with Crippen molar-refractivity contribution in [3.63, 3.8) is 0 Å². The van der Waals surface area contributed by atoms with Crippen LogP contribution >= 0.6 is 0 Å². The average Bonchev–Trinajstić information content (AvgIpc) is 2.39. The summed E-state index contributed by atoms with van der Waals surface area (Å²) in [7, 11) is 1.58. The highest BCUT2D eigenvalue weighted by molar-refractivity contribution is 5.88. The van der Waals surface area contributed by atoms with Crippen LogP contribution in [0.5, 0.6) is 5.75 Å². The lowest BCUT2D eigenvalue weighted by Gasteiger charge is -2.09. The summed E-state index contributed by atoms with van der Waals surface area (Å²) in [6, 6.07) is 11.9. The maximum absolute atomic E-state index is 10.8. The van der Waals surface area contributed by atoms with Crippen LogP contribution in [0.2, 0.25) is 0 Å². The topological polar surface area (TPSA) is 72.5 Å². The first-order chi connectivity index (χ1) is 8.61. The second-order valence-electron chi connectivity index (χ2n) is 3.84. The number of carboxylic acids is 1. The van der Waals surface area contributed by atoms with Gasteiger partial charge in [-0.15, -0.1) is 0 Å². The lowest BCUT2D eigenvalue weighted by Crippen LogP contribution is -1.96. The number of benzene rings is 2. The van der Waals surface area contributed by atoms with Gasteiger partial charge in [0, 0.05) is 11.3 Å². The second kappa shape index (κ2) is 4.79. The summed E-state index contributed by atoms with van der Waals surface area (Å²) in [5.41, 5.74) is 8.34. The molecule has 0 saturated heterocycles. The molecular weight excluding hydrogens is 230 g/mol. The zero-order valence-electron chi connectivity index (χ0n) is 9.88. The Kier molecular flexibility index (Phi) is 3.19. The highest BCUT2D eigenvalue weighted by Crippen LogP contribution is 2.31. The number of aromatic carboxylic acids is 1. The van der Waals surface area contributed by atoms with Gasteiger partial charge in [0.25, 0.3) is 0 Å². The average molecular weight is 243 g/mol. The van der Waals surface area contributed by atoms with Crippen molar-refractivity contribution in [1.29, 1.82) is 0 Å². The van der Waals surface area contributed by atoms with Crippen LogP contribution in [0.15, 0.2) is 42.5 Å². The summed E-state index contributed by atoms with van der Waals surface area (Å²) >= 11 is 0. The van der Waals surface area contributed by atoms with Crippen molar-refractivity contribution in [3.05, 3.63) is 48.0 Å². The molecule has 18 heavy (non-hydrogen) atoms. The van der Waals surface area contributed by atoms with Crippen LogP contribution in [0.25, 0.3) is 11.1 Å². The van der Waals surface area contributed by atoms with Crippen molar-refractivity contribution in [2.45, 2.75) is 0 Å². The third-order valence-electron chi connectivity index (χ3n) is 2.67. The van der Waals surface area contributed by atoms with Gasteiger partial charge in [-0.05, 0) is 35.9 Å². The minimum Gasteiger partial charge on any atom is -0.496 e. The van der Waals surface area contributed by atoms with Crippen LogP contribution in [0.1, 0.15) is 10.4 Å². The summed E-state index contributed by atoms with van der Waals surface area (Å²) in [5, 5.41) is 8.85. The minimum absolute atomic E-state index is 0.251. The van der Waals surface area contributed by atoms with Gasteiger partial charge in [0.05, 0.1) is 12.7 Å². The first kappa shape index (κ1) is 12.0. The molecule has 0 fully saturated rings. The Morgan fingerprint density at radius 3 is 2.39 bits per heavy atom. The molecule has 2 aromatic rings. The van der Waals surface area contributed by atoms with E-state index in [2.05, 4.69) is 0 Å². The Hall–Kier alpha value is -2.49. The first-order valence-corrected chi connectivity index (χ1v) is 5.39. The number of hydrogen-bond donors (Lipinski definition) is 2. The molecule has 4 heteroatoms. The molecule has 4 nitrogen and oxygen atoms in total. The van der Waals surface area contributed by atoms with E-state index in [1.165, 1.54) is 0 Å². The van der Waals surface area contributed by atoms with Gasteiger partial charge in [-0.25, -0.2) is 4.79 Å². The van der Waals surface area contributed by atoms with E-state index < -0.39 is 5.97 Å². The van der Waals surface area contributed by atoms with Gasteiger partial charge in [-0.1, -0.05) is 12.1 Å². The van der Waals surface area contributed by atoms with Gasteiger partial charge in [0.15, 0.2) is 0 Å². The second-order valence-corrected chi connectivity index (χ2v) is 3.84. The summed E-state index contributed by atoms with van der Waals surface area (Å²) in [5.74, 6) is -0.242. The molecule has 2 rings (SSSR count). The van der Waals surface area contributed by atoms with Crippen molar-refractivity contribution in [2.75, 3.05) is 12.8 Å². The Bertz CT molecular complexity index is 576. The molecule has 3 N–H and O–H groups in total. The van der Waals surface area contributed by atoms with Crippen molar-refractivity contribution >= 4 is 11.7 Å². The van der Waals surface area contributed by atoms with Crippen LogP contribution in [0.4, 0.5) is 5.69 Å². The number of carbonyl (C=O) groups is 1. The smallest absolute Gasteiger partial charge is 0.335 e. The van der Waals surface area contributed by atoms with Gasteiger partial charge in [0.1, 0.15) is 5.75 Å². The maximum atomic E-state index is 10.8. The molecule has 92 valence electrons. The molecule has 0 atom stereocenters. The van der Waals surface area contributed by atoms with Crippen LogP contribution < -0.4 is 10.5 Å². The van der Waals surface area contributed by atoms with Crippen LogP contribution in [-0.4, -0.2) is 18.2 Å². The molecule has 0 unspecified atom stereocenters. The lowest BCUT2D eigenvalue weighted by atomic mass is 10.0. The highest BCUT2D eigenvalue weighted by atomic mass is 16.5. The Balaban J connectivity index is 2.48. The normalized spacial score (nSPS) is 10.1. The number of methoxy groups -OCH3 is 1. The number of rotatable bonds is 3. The molecule has 0 aliphatic carbocycles. The SMILES string of the molecule is COc1ccc(N)cc1-c1ccc(C(=O)O)cc1. The molecule has 0 radical (unpaired) electrons. The predicted octanol–water partition coefficient (Wildman–Crippen LogP) is 2.64. The van der Waals surface area contributed by atoms with E-state index in [1.54, 1.807) is 49.6 Å². The van der Waals surface area contributed by atoms with Gasteiger partial charge in [-0.2, -0.15) is 0 Å². The van der Waals surface area contributed by atoms with Gasteiger partial charge >= 0.3 is 5.97 Å². The monoisotopic (exact) mass is 243 g/mol. The molecular formula is C14H13NO3.